The van der Waals surface area contributed by atoms with E-state index in [-0.39, 0.29) is 12.2 Å². The molecular weight excluding hydrogens is 248 g/mol. The molecule has 0 aliphatic rings. The van der Waals surface area contributed by atoms with Gasteiger partial charge in [-0.05, 0) is 12.8 Å². The van der Waals surface area contributed by atoms with E-state index in [4.69, 9.17) is 0 Å². The SMILES string of the molecule is CCCCCCCCCC[C@H](O)/C=C/[C@@H](O)CCCC. The van der Waals surface area contributed by atoms with Crippen LogP contribution in [0.5, 0.6) is 0 Å². The Kier molecular flexibility index (Phi) is 14.8. The van der Waals surface area contributed by atoms with Gasteiger partial charge in [0.1, 0.15) is 0 Å². The van der Waals surface area contributed by atoms with Crippen LogP contribution in [-0.4, -0.2) is 22.4 Å². The zero-order valence-corrected chi connectivity index (χ0v) is 13.7. The molecule has 0 amide bonds. The molecule has 0 heterocycles. The van der Waals surface area contributed by atoms with Crippen molar-refractivity contribution in [2.45, 2.75) is 103 Å². The quantitative estimate of drug-likeness (QED) is 0.348. The summed E-state index contributed by atoms with van der Waals surface area (Å²) in [5.74, 6) is 0. The van der Waals surface area contributed by atoms with Crippen molar-refractivity contribution in [2.75, 3.05) is 0 Å². The zero-order valence-electron chi connectivity index (χ0n) is 13.7. The van der Waals surface area contributed by atoms with Gasteiger partial charge in [-0.3, -0.25) is 0 Å². The number of unbranched alkanes of at least 4 members (excludes halogenated alkanes) is 8. The van der Waals surface area contributed by atoms with Gasteiger partial charge >= 0.3 is 0 Å². The van der Waals surface area contributed by atoms with Gasteiger partial charge in [-0.1, -0.05) is 90.2 Å². The molecule has 0 aliphatic carbocycles. The largest absolute Gasteiger partial charge is 0.389 e. The minimum absolute atomic E-state index is 0.383. The Labute approximate surface area is 126 Å². The van der Waals surface area contributed by atoms with E-state index < -0.39 is 0 Å². The van der Waals surface area contributed by atoms with E-state index in [0.717, 1.165) is 32.1 Å². The van der Waals surface area contributed by atoms with Crippen molar-refractivity contribution in [1.82, 2.24) is 0 Å². The minimum atomic E-state index is -0.386. The molecule has 0 aliphatic heterocycles. The van der Waals surface area contributed by atoms with Crippen LogP contribution in [-0.2, 0) is 0 Å². The van der Waals surface area contributed by atoms with Crippen molar-refractivity contribution in [3.63, 3.8) is 0 Å². The molecule has 0 spiro atoms. The van der Waals surface area contributed by atoms with Gasteiger partial charge in [-0.15, -0.1) is 0 Å². The van der Waals surface area contributed by atoms with Crippen LogP contribution in [0.2, 0.25) is 0 Å². The van der Waals surface area contributed by atoms with E-state index in [1.807, 2.05) is 0 Å². The van der Waals surface area contributed by atoms with Crippen molar-refractivity contribution in [3.05, 3.63) is 12.2 Å². The van der Waals surface area contributed by atoms with Crippen LogP contribution < -0.4 is 0 Å². The summed E-state index contributed by atoms with van der Waals surface area (Å²) in [6, 6.07) is 0. The Hall–Kier alpha value is -0.340. The van der Waals surface area contributed by atoms with Gasteiger partial charge in [0.15, 0.2) is 0 Å². The lowest BCUT2D eigenvalue weighted by Gasteiger charge is -2.08. The van der Waals surface area contributed by atoms with Gasteiger partial charge in [-0.25, -0.2) is 0 Å². The molecule has 0 radical (unpaired) electrons. The number of rotatable bonds is 14. The lowest BCUT2D eigenvalue weighted by Crippen LogP contribution is -2.06. The third-order valence-corrected chi connectivity index (χ3v) is 3.76. The standard InChI is InChI=1S/C18H36O2/c1-3-5-7-8-9-10-11-12-14-18(20)16-15-17(19)13-6-4-2/h15-20H,3-14H2,1-2H3/b16-15+/t17-,18-/m0/s1. The molecule has 120 valence electrons. The Morgan fingerprint density at radius 2 is 1.00 bits per heavy atom. The molecular formula is C18H36O2. The van der Waals surface area contributed by atoms with Gasteiger partial charge < -0.3 is 10.2 Å². The molecule has 0 aromatic rings. The second-order valence-electron chi connectivity index (χ2n) is 5.93. The van der Waals surface area contributed by atoms with Crippen LogP contribution in [0.25, 0.3) is 0 Å². The van der Waals surface area contributed by atoms with E-state index in [9.17, 15) is 10.2 Å². The van der Waals surface area contributed by atoms with Crippen LogP contribution in [0.1, 0.15) is 90.9 Å². The molecule has 0 aromatic carbocycles. The van der Waals surface area contributed by atoms with E-state index in [1.165, 1.54) is 44.9 Å². The molecule has 0 aromatic heterocycles. The summed E-state index contributed by atoms with van der Waals surface area (Å²) in [6.45, 7) is 4.36. The van der Waals surface area contributed by atoms with E-state index in [1.54, 1.807) is 12.2 Å². The lowest BCUT2D eigenvalue weighted by atomic mass is 10.0. The van der Waals surface area contributed by atoms with Gasteiger partial charge in [0.2, 0.25) is 0 Å². The van der Waals surface area contributed by atoms with Crippen LogP contribution >= 0.6 is 0 Å². The van der Waals surface area contributed by atoms with Crippen molar-refractivity contribution in [2.24, 2.45) is 0 Å². The Morgan fingerprint density at radius 3 is 1.50 bits per heavy atom. The fraction of sp³-hybridized carbons (Fsp3) is 0.889. The average Bonchev–Trinajstić information content (AvgIpc) is 2.45. The predicted octanol–water partition coefficient (Wildman–Crippen LogP) is 4.99. The third kappa shape index (κ3) is 14.1. The van der Waals surface area contributed by atoms with Crippen molar-refractivity contribution in [1.29, 1.82) is 0 Å². The molecule has 0 unspecified atom stereocenters. The monoisotopic (exact) mass is 284 g/mol. The first-order chi connectivity index (χ1) is 9.70. The van der Waals surface area contributed by atoms with E-state index in [0.29, 0.717) is 0 Å². The smallest absolute Gasteiger partial charge is 0.0721 e. The predicted molar refractivity (Wildman–Crippen MR) is 87.9 cm³/mol. The molecule has 0 saturated heterocycles. The maximum Gasteiger partial charge on any atom is 0.0721 e. The minimum Gasteiger partial charge on any atom is -0.389 e. The molecule has 0 fully saturated rings. The highest BCUT2D eigenvalue weighted by molar-refractivity contribution is 4.93. The summed E-state index contributed by atoms with van der Waals surface area (Å²) >= 11 is 0. The van der Waals surface area contributed by atoms with Gasteiger partial charge in [0.05, 0.1) is 12.2 Å². The molecule has 0 saturated carbocycles. The fourth-order valence-corrected chi connectivity index (χ4v) is 2.35. The summed E-state index contributed by atoms with van der Waals surface area (Å²) in [5, 5.41) is 19.4. The Bertz CT molecular complexity index is 213. The van der Waals surface area contributed by atoms with E-state index in [2.05, 4.69) is 13.8 Å². The molecule has 2 nitrogen and oxygen atoms in total. The number of aliphatic hydroxyl groups excluding tert-OH is 2. The highest BCUT2D eigenvalue weighted by Gasteiger charge is 2.02. The first-order valence-electron chi connectivity index (χ1n) is 8.75. The average molecular weight is 284 g/mol. The van der Waals surface area contributed by atoms with Crippen molar-refractivity contribution < 1.29 is 10.2 Å². The van der Waals surface area contributed by atoms with Gasteiger partial charge in [0, 0.05) is 0 Å². The van der Waals surface area contributed by atoms with Crippen LogP contribution in [0.4, 0.5) is 0 Å². The molecule has 0 bridgehead atoms. The summed E-state index contributed by atoms with van der Waals surface area (Å²) in [6.07, 6.45) is 16.9. The summed E-state index contributed by atoms with van der Waals surface area (Å²) in [4.78, 5) is 0. The molecule has 2 atom stereocenters. The third-order valence-electron chi connectivity index (χ3n) is 3.76. The van der Waals surface area contributed by atoms with Crippen molar-refractivity contribution in [3.8, 4) is 0 Å². The fourth-order valence-electron chi connectivity index (χ4n) is 2.35. The van der Waals surface area contributed by atoms with E-state index >= 15 is 0 Å². The first-order valence-corrected chi connectivity index (χ1v) is 8.75. The number of hydrogen-bond donors (Lipinski definition) is 2. The highest BCUT2D eigenvalue weighted by Crippen LogP contribution is 2.11. The van der Waals surface area contributed by atoms with Crippen LogP contribution in [0.3, 0.4) is 0 Å². The summed E-state index contributed by atoms with van der Waals surface area (Å²) < 4.78 is 0. The van der Waals surface area contributed by atoms with Crippen LogP contribution in [0, 0.1) is 0 Å². The summed E-state index contributed by atoms with van der Waals surface area (Å²) in [7, 11) is 0. The molecule has 0 rings (SSSR count). The second kappa shape index (κ2) is 15.1. The Morgan fingerprint density at radius 1 is 0.600 bits per heavy atom. The second-order valence-corrected chi connectivity index (χ2v) is 5.93. The van der Waals surface area contributed by atoms with Crippen molar-refractivity contribution >= 4 is 0 Å². The maximum absolute atomic E-state index is 9.80. The molecule has 2 N–H and O–H groups in total. The molecule has 2 heteroatoms. The normalized spacial score (nSPS) is 14.8. The topological polar surface area (TPSA) is 40.5 Å². The number of aliphatic hydroxyl groups is 2. The maximum atomic E-state index is 9.80. The van der Waals surface area contributed by atoms with Crippen LogP contribution in [0.15, 0.2) is 12.2 Å². The van der Waals surface area contributed by atoms with Gasteiger partial charge in [-0.2, -0.15) is 0 Å². The first kappa shape index (κ1) is 19.7. The number of hydrogen-bond acceptors (Lipinski definition) is 2. The van der Waals surface area contributed by atoms with Gasteiger partial charge in [0.25, 0.3) is 0 Å². The highest BCUT2D eigenvalue weighted by atomic mass is 16.3. The zero-order chi connectivity index (χ0) is 15.1. The Balaban J connectivity index is 3.39. The lowest BCUT2D eigenvalue weighted by molar-refractivity contribution is 0.192. The summed E-state index contributed by atoms with van der Waals surface area (Å²) in [5.41, 5.74) is 0. The molecule has 20 heavy (non-hydrogen) atoms.